The smallest absolute Gasteiger partial charge is 0.00332 e. The van der Waals surface area contributed by atoms with Crippen LogP contribution in [-0.2, 0) is 0 Å². The van der Waals surface area contributed by atoms with Gasteiger partial charge in [-0.15, -0.1) is 0 Å². The molecule has 0 amide bonds. The first-order valence-electron chi connectivity index (χ1n) is 4.29. The lowest BCUT2D eigenvalue weighted by Gasteiger charge is -2.26. The maximum Gasteiger partial charge on any atom is 0.00332 e. The van der Waals surface area contributed by atoms with Crippen molar-refractivity contribution >= 4 is 45.2 Å². The summed E-state index contributed by atoms with van der Waals surface area (Å²) in [5.74, 6) is 0.939. The molecular formula is C9H14I2. The van der Waals surface area contributed by atoms with Crippen LogP contribution in [0.2, 0.25) is 0 Å². The summed E-state index contributed by atoms with van der Waals surface area (Å²) in [5, 5.41) is 0. The average Bonchev–Trinajstić information content (AvgIpc) is 2.03. The van der Waals surface area contributed by atoms with Crippen molar-refractivity contribution < 1.29 is 0 Å². The highest BCUT2D eigenvalue weighted by Gasteiger charge is 2.24. The van der Waals surface area contributed by atoms with E-state index in [1.165, 1.54) is 32.1 Å². The number of halogens is 2. The van der Waals surface area contributed by atoms with E-state index in [2.05, 4.69) is 52.1 Å². The molecule has 64 valence electrons. The van der Waals surface area contributed by atoms with Crippen LogP contribution in [0.5, 0.6) is 0 Å². The fourth-order valence-corrected chi connectivity index (χ4v) is 3.09. The Hall–Kier alpha value is 1.20. The van der Waals surface area contributed by atoms with E-state index < -0.39 is 0 Å². The Balaban J connectivity index is 2.12. The number of hydrogen-bond donors (Lipinski definition) is 0. The van der Waals surface area contributed by atoms with Gasteiger partial charge in [0.05, 0.1) is 0 Å². The minimum absolute atomic E-state index is 0.939. The van der Waals surface area contributed by atoms with Gasteiger partial charge in [0.2, 0.25) is 0 Å². The number of rotatable bonds is 4. The van der Waals surface area contributed by atoms with Crippen molar-refractivity contribution in [3.05, 3.63) is 7.16 Å². The Morgan fingerprint density at radius 1 is 1.36 bits per heavy atom. The lowest BCUT2D eigenvalue weighted by molar-refractivity contribution is 0.508. The van der Waals surface area contributed by atoms with E-state index in [1.54, 1.807) is 7.16 Å². The van der Waals surface area contributed by atoms with Gasteiger partial charge >= 0.3 is 0 Å². The monoisotopic (exact) mass is 376 g/mol. The topological polar surface area (TPSA) is 0 Å². The largest absolute Gasteiger partial charge is 0.0654 e. The van der Waals surface area contributed by atoms with Gasteiger partial charge in [-0.05, 0) is 63.9 Å². The Bertz CT molecular complexity index is 161. The molecule has 0 nitrogen and oxygen atoms in total. The zero-order chi connectivity index (χ0) is 8.27. The van der Waals surface area contributed by atoms with Crippen LogP contribution in [0.4, 0.5) is 0 Å². The summed E-state index contributed by atoms with van der Waals surface area (Å²) in [4.78, 5) is 0. The van der Waals surface area contributed by atoms with Crippen LogP contribution < -0.4 is 0 Å². The van der Waals surface area contributed by atoms with Crippen LogP contribution in [-0.4, -0.2) is 0 Å². The molecule has 0 saturated carbocycles. The summed E-state index contributed by atoms with van der Waals surface area (Å²) < 4.78 is 3.24. The van der Waals surface area contributed by atoms with Gasteiger partial charge in [0.15, 0.2) is 0 Å². The SMILES string of the molecule is CCCCCC1CC(I)=C1I. The van der Waals surface area contributed by atoms with Gasteiger partial charge in [-0.1, -0.05) is 26.2 Å². The van der Waals surface area contributed by atoms with Crippen LogP contribution in [0.25, 0.3) is 0 Å². The van der Waals surface area contributed by atoms with E-state index in [0.29, 0.717) is 0 Å². The Morgan fingerprint density at radius 3 is 2.55 bits per heavy atom. The van der Waals surface area contributed by atoms with Crippen molar-refractivity contribution in [2.24, 2.45) is 5.92 Å². The second-order valence-electron chi connectivity index (χ2n) is 3.15. The Morgan fingerprint density at radius 2 is 2.09 bits per heavy atom. The van der Waals surface area contributed by atoms with E-state index in [-0.39, 0.29) is 0 Å². The molecule has 0 aromatic heterocycles. The zero-order valence-electron chi connectivity index (χ0n) is 6.87. The molecule has 1 aliphatic rings. The molecule has 0 radical (unpaired) electrons. The fourth-order valence-electron chi connectivity index (χ4n) is 1.36. The summed E-state index contributed by atoms with van der Waals surface area (Å²) in [6.07, 6.45) is 6.99. The van der Waals surface area contributed by atoms with Crippen LogP contribution in [0.15, 0.2) is 7.16 Å². The third kappa shape index (κ3) is 2.86. The maximum atomic E-state index is 2.51. The molecule has 1 unspecified atom stereocenters. The van der Waals surface area contributed by atoms with Crippen molar-refractivity contribution in [3.8, 4) is 0 Å². The number of unbranched alkanes of at least 4 members (excludes halogenated alkanes) is 2. The zero-order valence-corrected chi connectivity index (χ0v) is 11.2. The minimum Gasteiger partial charge on any atom is -0.0654 e. The summed E-state index contributed by atoms with van der Waals surface area (Å²) in [5.41, 5.74) is 0. The van der Waals surface area contributed by atoms with Gasteiger partial charge in [-0.25, -0.2) is 0 Å². The predicted molar refractivity (Wildman–Crippen MR) is 67.3 cm³/mol. The first-order chi connectivity index (χ1) is 5.25. The fraction of sp³-hybridized carbons (Fsp3) is 0.778. The summed E-state index contributed by atoms with van der Waals surface area (Å²) in [7, 11) is 0. The predicted octanol–water partition coefficient (Wildman–Crippen LogP) is 4.67. The van der Waals surface area contributed by atoms with Crippen molar-refractivity contribution in [1.29, 1.82) is 0 Å². The van der Waals surface area contributed by atoms with Gasteiger partial charge in [-0.3, -0.25) is 0 Å². The van der Waals surface area contributed by atoms with Crippen molar-refractivity contribution in [2.75, 3.05) is 0 Å². The first kappa shape index (κ1) is 10.3. The van der Waals surface area contributed by atoms with Crippen molar-refractivity contribution in [1.82, 2.24) is 0 Å². The summed E-state index contributed by atoms with van der Waals surface area (Å²) in [6, 6.07) is 0. The van der Waals surface area contributed by atoms with E-state index >= 15 is 0 Å². The molecule has 0 N–H and O–H groups in total. The van der Waals surface area contributed by atoms with Gasteiger partial charge < -0.3 is 0 Å². The lowest BCUT2D eigenvalue weighted by Crippen LogP contribution is -2.11. The summed E-state index contributed by atoms with van der Waals surface area (Å²) in [6.45, 7) is 2.27. The van der Waals surface area contributed by atoms with Crippen LogP contribution in [0.3, 0.4) is 0 Å². The van der Waals surface area contributed by atoms with Crippen molar-refractivity contribution in [3.63, 3.8) is 0 Å². The maximum absolute atomic E-state index is 2.51. The standard InChI is InChI=1S/C9H14I2/c1-2-3-4-5-7-6-8(10)9(7)11/h7H,2-6H2,1H3. The molecule has 0 fully saturated rings. The van der Waals surface area contributed by atoms with Gasteiger partial charge in [0.1, 0.15) is 0 Å². The molecule has 0 aliphatic heterocycles. The van der Waals surface area contributed by atoms with E-state index in [9.17, 15) is 0 Å². The highest BCUT2D eigenvalue weighted by atomic mass is 127. The van der Waals surface area contributed by atoms with Gasteiger partial charge in [-0.2, -0.15) is 0 Å². The van der Waals surface area contributed by atoms with Crippen LogP contribution in [0.1, 0.15) is 39.0 Å². The normalized spacial score (nSPS) is 23.7. The molecule has 11 heavy (non-hydrogen) atoms. The number of hydrogen-bond acceptors (Lipinski definition) is 0. The molecule has 0 aromatic carbocycles. The molecule has 1 rings (SSSR count). The Labute approximate surface area is 96.5 Å². The molecular weight excluding hydrogens is 362 g/mol. The minimum atomic E-state index is 0.939. The lowest BCUT2D eigenvalue weighted by atomic mass is 9.90. The van der Waals surface area contributed by atoms with Gasteiger partial charge in [0, 0.05) is 7.16 Å². The van der Waals surface area contributed by atoms with Gasteiger partial charge in [0.25, 0.3) is 0 Å². The van der Waals surface area contributed by atoms with Crippen LogP contribution >= 0.6 is 45.2 Å². The van der Waals surface area contributed by atoms with E-state index in [1.807, 2.05) is 0 Å². The third-order valence-corrected chi connectivity index (χ3v) is 5.78. The third-order valence-electron chi connectivity index (χ3n) is 2.20. The Kier molecular flexibility index (Phi) is 4.71. The number of allylic oxidation sites excluding steroid dienone is 2. The highest BCUT2D eigenvalue weighted by molar-refractivity contribution is 14.1. The highest BCUT2D eigenvalue weighted by Crippen LogP contribution is 2.45. The molecule has 0 bridgehead atoms. The average molecular weight is 376 g/mol. The molecule has 0 aromatic rings. The quantitative estimate of drug-likeness (QED) is 0.494. The van der Waals surface area contributed by atoms with E-state index in [4.69, 9.17) is 0 Å². The molecule has 1 atom stereocenters. The van der Waals surface area contributed by atoms with Crippen molar-refractivity contribution in [2.45, 2.75) is 39.0 Å². The van der Waals surface area contributed by atoms with Crippen LogP contribution in [0, 0.1) is 5.92 Å². The first-order valence-corrected chi connectivity index (χ1v) is 6.45. The summed E-state index contributed by atoms with van der Waals surface area (Å²) >= 11 is 4.97. The molecule has 0 saturated heterocycles. The molecule has 0 spiro atoms. The second kappa shape index (κ2) is 5.04. The van der Waals surface area contributed by atoms with E-state index in [0.717, 1.165) is 5.92 Å². The molecule has 2 heteroatoms. The second-order valence-corrected chi connectivity index (χ2v) is 5.61. The molecule has 0 heterocycles. The molecule has 1 aliphatic carbocycles.